The van der Waals surface area contributed by atoms with Gasteiger partial charge in [-0.15, -0.1) is 0 Å². The molecule has 0 radical (unpaired) electrons. The van der Waals surface area contributed by atoms with Crippen LogP contribution in [-0.4, -0.2) is 35.4 Å². The highest BCUT2D eigenvalue weighted by atomic mass is 16.5. The molecule has 0 aromatic heterocycles. The van der Waals surface area contributed by atoms with Crippen LogP contribution in [0.4, 0.5) is 0 Å². The van der Waals surface area contributed by atoms with Gasteiger partial charge in [-0.3, -0.25) is 0 Å². The molecular weight excluding hydrogens is 188 g/mol. The van der Waals surface area contributed by atoms with E-state index in [2.05, 4.69) is 0 Å². The van der Waals surface area contributed by atoms with E-state index in [1.165, 1.54) is 0 Å². The monoisotopic (exact) mass is 202 g/mol. The van der Waals surface area contributed by atoms with Gasteiger partial charge < -0.3 is 14.9 Å². The summed E-state index contributed by atoms with van der Waals surface area (Å²) >= 11 is 0. The first-order valence-electron chi connectivity index (χ1n) is 4.06. The highest BCUT2D eigenvalue weighted by Crippen LogP contribution is 2.13. The number of carboxylic acid groups (broad SMARTS) is 1. The number of ether oxygens (including phenoxy) is 1. The van der Waals surface area contributed by atoms with Crippen LogP contribution in [0.2, 0.25) is 0 Å². The molecule has 0 amide bonds. The second-order valence-electron chi connectivity index (χ2n) is 3.60. The van der Waals surface area contributed by atoms with Crippen molar-refractivity contribution in [1.82, 2.24) is 0 Å². The summed E-state index contributed by atoms with van der Waals surface area (Å²) in [5.41, 5.74) is -0.507. The Hall–Kier alpha value is -1.36. The van der Waals surface area contributed by atoms with Gasteiger partial charge in [0.2, 0.25) is 0 Å². The third kappa shape index (κ3) is 6.19. The van der Waals surface area contributed by atoms with Crippen LogP contribution in [0.5, 0.6) is 0 Å². The number of hydrogen-bond donors (Lipinski definition) is 2. The molecule has 2 N–H and O–H groups in total. The first-order chi connectivity index (χ1) is 6.37. The van der Waals surface area contributed by atoms with Crippen molar-refractivity contribution >= 4 is 11.9 Å². The van der Waals surface area contributed by atoms with Crippen LogP contribution in [0, 0.1) is 5.41 Å². The summed E-state index contributed by atoms with van der Waals surface area (Å²) in [6.07, 6.45) is 1.53. The number of rotatable bonds is 5. The fourth-order valence-corrected chi connectivity index (χ4v) is 0.500. The second-order valence-corrected chi connectivity index (χ2v) is 3.60. The number of aliphatic hydroxyl groups excluding tert-OH is 1. The fourth-order valence-electron chi connectivity index (χ4n) is 0.500. The number of aliphatic carboxylic acids is 1. The summed E-state index contributed by atoms with van der Waals surface area (Å²) in [6.45, 7) is 3.39. The van der Waals surface area contributed by atoms with Crippen molar-refractivity contribution < 1.29 is 24.5 Å². The summed E-state index contributed by atoms with van der Waals surface area (Å²) in [5.74, 6) is -1.93. The van der Waals surface area contributed by atoms with Gasteiger partial charge in [0, 0.05) is 17.6 Å². The molecule has 0 spiro atoms. The lowest BCUT2D eigenvalue weighted by Gasteiger charge is -2.20. The standard InChI is InChI=1S/C9H14O5/c1-9(2,5-10)6-14-8(13)4-3-7(11)12/h3-4,10H,5-6H2,1-2H3,(H,11,12). The molecule has 0 aliphatic carbocycles. The summed E-state index contributed by atoms with van der Waals surface area (Å²) in [6, 6.07) is 0. The first-order valence-corrected chi connectivity index (χ1v) is 4.06. The van der Waals surface area contributed by atoms with Crippen LogP contribution in [0.1, 0.15) is 13.8 Å². The molecule has 0 unspecified atom stereocenters. The van der Waals surface area contributed by atoms with E-state index in [1.54, 1.807) is 13.8 Å². The van der Waals surface area contributed by atoms with Crippen molar-refractivity contribution in [2.75, 3.05) is 13.2 Å². The minimum Gasteiger partial charge on any atom is -0.478 e. The second kappa shape index (κ2) is 5.39. The molecule has 0 bridgehead atoms. The third-order valence-corrected chi connectivity index (χ3v) is 1.40. The molecule has 0 aromatic rings. The van der Waals surface area contributed by atoms with E-state index in [1.807, 2.05) is 0 Å². The summed E-state index contributed by atoms with van der Waals surface area (Å²) in [7, 11) is 0. The molecule has 0 aromatic carbocycles. The topological polar surface area (TPSA) is 83.8 Å². The van der Waals surface area contributed by atoms with Crippen molar-refractivity contribution in [3.05, 3.63) is 12.2 Å². The molecular formula is C9H14O5. The number of carbonyl (C=O) groups excluding carboxylic acids is 1. The number of carbonyl (C=O) groups is 2. The van der Waals surface area contributed by atoms with Crippen molar-refractivity contribution in [3.63, 3.8) is 0 Å². The molecule has 0 rings (SSSR count). The van der Waals surface area contributed by atoms with Crippen molar-refractivity contribution in [1.29, 1.82) is 0 Å². The largest absolute Gasteiger partial charge is 0.478 e. The van der Waals surface area contributed by atoms with Gasteiger partial charge in [-0.25, -0.2) is 9.59 Å². The quantitative estimate of drug-likeness (QED) is 0.491. The van der Waals surface area contributed by atoms with Gasteiger partial charge in [0.1, 0.15) is 0 Å². The summed E-state index contributed by atoms with van der Waals surface area (Å²) in [4.78, 5) is 20.9. The summed E-state index contributed by atoms with van der Waals surface area (Å²) in [5, 5.41) is 17.0. The third-order valence-electron chi connectivity index (χ3n) is 1.40. The lowest BCUT2D eigenvalue weighted by Crippen LogP contribution is -2.25. The first kappa shape index (κ1) is 12.6. The SMILES string of the molecule is CC(C)(CO)COC(=O)C=CC(=O)O. The number of carboxylic acids is 1. The molecule has 0 saturated carbocycles. The van der Waals surface area contributed by atoms with E-state index in [9.17, 15) is 9.59 Å². The van der Waals surface area contributed by atoms with Crippen LogP contribution >= 0.6 is 0 Å². The molecule has 0 aliphatic rings. The van der Waals surface area contributed by atoms with E-state index in [0.717, 1.165) is 6.08 Å². The molecule has 0 heterocycles. The van der Waals surface area contributed by atoms with Gasteiger partial charge in [-0.05, 0) is 0 Å². The number of hydrogen-bond acceptors (Lipinski definition) is 4. The molecule has 14 heavy (non-hydrogen) atoms. The van der Waals surface area contributed by atoms with E-state index in [4.69, 9.17) is 14.9 Å². The van der Waals surface area contributed by atoms with Crippen molar-refractivity contribution in [2.45, 2.75) is 13.8 Å². The van der Waals surface area contributed by atoms with Crippen LogP contribution in [-0.2, 0) is 14.3 Å². The number of aliphatic hydroxyl groups is 1. The van der Waals surface area contributed by atoms with Gasteiger partial charge in [0.15, 0.2) is 0 Å². The highest BCUT2D eigenvalue weighted by Gasteiger charge is 2.18. The molecule has 5 heteroatoms. The van der Waals surface area contributed by atoms with Crippen LogP contribution in [0.15, 0.2) is 12.2 Å². The zero-order valence-corrected chi connectivity index (χ0v) is 8.19. The molecule has 0 atom stereocenters. The average molecular weight is 202 g/mol. The lowest BCUT2D eigenvalue weighted by atomic mass is 9.97. The minimum absolute atomic E-state index is 0.0479. The van der Waals surface area contributed by atoms with Gasteiger partial charge in [-0.1, -0.05) is 13.8 Å². The zero-order chi connectivity index (χ0) is 11.2. The molecule has 0 fully saturated rings. The Morgan fingerprint density at radius 2 is 1.93 bits per heavy atom. The molecule has 5 nitrogen and oxygen atoms in total. The van der Waals surface area contributed by atoms with Crippen LogP contribution < -0.4 is 0 Å². The maximum absolute atomic E-state index is 10.9. The van der Waals surface area contributed by atoms with Crippen molar-refractivity contribution in [2.24, 2.45) is 5.41 Å². The predicted molar refractivity (Wildman–Crippen MR) is 48.6 cm³/mol. The lowest BCUT2D eigenvalue weighted by molar-refractivity contribution is -0.142. The Labute approximate surface area is 82.0 Å². The fraction of sp³-hybridized carbons (Fsp3) is 0.556. The average Bonchev–Trinajstić information content (AvgIpc) is 2.11. The molecule has 0 aliphatic heterocycles. The smallest absolute Gasteiger partial charge is 0.331 e. The Balaban J connectivity index is 3.92. The van der Waals surface area contributed by atoms with Gasteiger partial charge in [-0.2, -0.15) is 0 Å². The van der Waals surface area contributed by atoms with Gasteiger partial charge in [0.05, 0.1) is 13.2 Å². The number of esters is 1. The Morgan fingerprint density at radius 3 is 2.36 bits per heavy atom. The van der Waals surface area contributed by atoms with Gasteiger partial charge >= 0.3 is 11.9 Å². The maximum Gasteiger partial charge on any atom is 0.331 e. The predicted octanol–water partition coefficient (Wildman–Crippen LogP) is 0.189. The van der Waals surface area contributed by atoms with E-state index in [0.29, 0.717) is 6.08 Å². The Bertz CT molecular complexity index is 242. The highest BCUT2D eigenvalue weighted by molar-refractivity contribution is 5.90. The Morgan fingerprint density at radius 1 is 1.36 bits per heavy atom. The van der Waals surface area contributed by atoms with E-state index >= 15 is 0 Å². The summed E-state index contributed by atoms with van der Waals surface area (Å²) < 4.78 is 4.70. The van der Waals surface area contributed by atoms with Gasteiger partial charge in [0.25, 0.3) is 0 Å². The normalized spacial score (nSPS) is 11.6. The van der Waals surface area contributed by atoms with E-state index in [-0.39, 0.29) is 13.2 Å². The van der Waals surface area contributed by atoms with Crippen LogP contribution in [0.25, 0.3) is 0 Å². The molecule has 0 saturated heterocycles. The van der Waals surface area contributed by atoms with E-state index < -0.39 is 17.4 Å². The molecule has 80 valence electrons. The zero-order valence-electron chi connectivity index (χ0n) is 8.19. The minimum atomic E-state index is -1.21. The van der Waals surface area contributed by atoms with Crippen molar-refractivity contribution in [3.8, 4) is 0 Å². The van der Waals surface area contributed by atoms with Crippen LogP contribution in [0.3, 0.4) is 0 Å². The maximum atomic E-state index is 10.9. The Kier molecular flexibility index (Phi) is 4.86.